The molecule has 1 amide bonds. The van der Waals surface area contributed by atoms with E-state index in [9.17, 15) is 4.79 Å². The SMILES string of the molecule is CCNC(=O)c1sc(N2CCC(N)C2)c(SC)c1N. The van der Waals surface area contributed by atoms with Crippen LogP contribution in [0.15, 0.2) is 4.90 Å². The number of thiophene rings is 1. The number of nitrogens with one attached hydrogen (secondary N) is 1. The molecule has 106 valence electrons. The van der Waals surface area contributed by atoms with E-state index in [1.54, 1.807) is 11.8 Å². The number of anilines is 2. The summed E-state index contributed by atoms with van der Waals surface area (Å²) in [7, 11) is 0. The van der Waals surface area contributed by atoms with Gasteiger partial charge in [0.05, 0.1) is 10.6 Å². The molecule has 1 fully saturated rings. The lowest BCUT2D eigenvalue weighted by Crippen LogP contribution is -2.26. The number of rotatable bonds is 4. The van der Waals surface area contributed by atoms with E-state index in [4.69, 9.17) is 11.5 Å². The van der Waals surface area contributed by atoms with Crippen LogP contribution < -0.4 is 21.7 Å². The Hall–Kier alpha value is -0.920. The first-order valence-corrected chi connectivity index (χ1v) is 8.37. The zero-order chi connectivity index (χ0) is 14.0. The summed E-state index contributed by atoms with van der Waals surface area (Å²) in [5, 5.41) is 3.89. The molecule has 1 aliphatic rings. The molecular formula is C12H20N4OS2. The summed E-state index contributed by atoms with van der Waals surface area (Å²) in [6.07, 6.45) is 2.97. The highest BCUT2D eigenvalue weighted by molar-refractivity contribution is 7.99. The number of nitrogen functional groups attached to an aromatic ring is 1. The lowest BCUT2D eigenvalue weighted by Gasteiger charge is -2.17. The van der Waals surface area contributed by atoms with Crippen molar-refractivity contribution >= 4 is 39.7 Å². The van der Waals surface area contributed by atoms with Crippen molar-refractivity contribution < 1.29 is 4.79 Å². The standard InChI is InChI=1S/C12H20N4OS2/c1-3-15-11(17)9-8(14)10(18-2)12(19-9)16-5-4-7(13)6-16/h7H,3-6,13-14H2,1-2H3,(H,15,17). The summed E-state index contributed by atoms with van der Waals surface area (Å²) in [5.41, 5.74) is 12.7. The highest BCUT2D eigenvalue weighted by Gasteiger charge is 2.27. The van der Waals surface area contributed by atoms with Crippen LogP contribution in [-0.4, -0.2) is 37.8 Å². The van der Waals surface area contributed by atoms with Gasteiger partial charge in [0, 0.05) is 25.7 Å². The molecule has 0 bridgehead atoms. The quantitative estimate of drug-likeness (QED) is 0.731. The number of nitrogens with zero attached hydrogens (tertiary/aromatic N) is 1. The third-order valence-corrected chi connectivity index (χ3v) is 5.36. The monoisotopic (exact) mass is 300 g/mol. The van der Waals surface area contributed by atoms with Gasteiger partial charge in [-0.15, -0.1) is 23.1 Å². The second-order valence-corrected chi connectivity index (χ2v) is 6.35. The van der Waals surface area contributed by atoms with Gasteiger partial charge in [0.25, 0.3) is 5.91 Å². The van der Waals surface area contributed by atoms with E-state index in [1.165, 1.54) is 11.3 Å². The number of hydrogen-bond donors (Lipinski definition) is 3. The Bertz CT molecular complexity index is 475. The second-order valence-electron chi connectivity index (χ2n) is 4.54. The van der Waals surface area contributed by atoms with Crippen LogP contribution in [-0.2, 0) is 0 Å². The normalized spacial score (nSPS) is 18.9. The summed E-state index contributed by atoms with van der Waals surface area (Å²) in [4.78, 5) is 15.8. The first kappa shape index (κ1) is 14.5. The highest BCUT2D eigenvalue weighted by Crippen LogP contribution is 2.44. The average molecular weight is 300 g/mol. The molecule has 7 heteroatoms. The molecular weight excluding hydrogens is 280 g/mol. The van der Waals surface area contributed by atoms with Gasteiger partial charge in [0.1, 0.15) is 9.88 Å². The second kappa shape index (κ2) is 6.02. The molecule has 19 heavy (non-hydrogen) atoms. The minimum Gasteiger partial charge on any atom is -0.396 e. The molecule has 1 saturated heterocycles. The third-order valence-electron chi connectivity index (χ3n) is 3.14. The van der Waals surface area contributed by atoms with Crippen molar-refractivity contribution in [2.24, 2.45) is 5.73 Å². The summed E-state index contributed by atoms with van der Waals surface area (Å²) < 4.78 is 0. The average Bonchev–Trinajstić information content (AvgIpc) is 2.93. The Morgan fingerprint density at radius 1 is 1.63 bits per heavy atom. The van der Waals surface area contributed by atoms with E-state index < -0.39 is 0 Å². The van der Waals surface area contributed by atoms with Gasteiger partial charge in [-0.1, -0.05) is 0 Å². The number of carbonyl (C=O) groups excluding carboxylic acids is 1. The van der Waals surface area contributed by atoms with Crippen molar-refractivity contribution in [3.8, 4) is 0 Å². The maximum atomic E-state index is 12.0. The molecule has 1 aromatic rings. The molecule has 0 aromatic carbocycles. The maximum Gasteiger partial charge on any atom is 0.263 e. The molecule has 0 aliphatic carbocycles. The molecule has 1 unspecified atom stereocenters. The number of thioether (sulfide) groups is 1. The van der Waals surface area contributed by atoms with Gasteiger partial charge in [0.2, 0.25) is 0 Å². The van der Waals surface area contributed by atoms with Crippen molar-refractivity contribution in [2.45, 2.75) is 24.3 Å². The number of nitrogens with two attached hydrogens (primary N) is 2. The van der Waals surface area contributed by atoms with Crippen LogP contribution in [0.2, 0.25) is 0 Å². The van der Waals surface area contributed by atoms with Crippen LogP contribution in [0.3, 0.4) is 0 Å². The van der Waals surface area contributed by atoms with Gasteiger partial charge >= 0.3 is 0 Å². The molecule has 0 saturated carbocycles. The van der Waals surface area contributed by atoms with Gasteiger partial charge in [-0.25, -0.2) is 0 Å². The summed E-state index contributed by atoms with van der Waals surface area (Å²) in [5.74, 6) is -0.0879. The van der Waals surface area contributed by atoms with Gasteiger partial charge < -0.3 is 21.7 Å². The van der Waals surface area contributed by atoms with E-state index in [-0.39, 0.29) is 11.9 Å². The Morgan fingerprint density at radius 2 is 2.37 bits per heavy atom. The first-order chi connectivity index (χ1) is 9.08. The van der Waals surface area contributed by atoms with Gasteiger partial charge in [0.15, 0.2) is 0 Å². The zero-order valence-corrected chi connectivity index (χ0v) is 12.9. The smallest absolute Gasteiger partial charge is 0.263 e. The molecule has 1 atom stereocenters. The van der Waals surface area contributed by atoms with Crippen molar-refractivity contribution in [3.63, 3.8) is 0 Å². The summed E-state index contributed by atoms with van der Waals surface area (Å²) in [6, 6.07) is 0.214. The Balaban J connectivity index is 2.33. The predicted octanol–water partition coefficient (Wildman–Crippen LogP) is 1.34. The summed E-state index contributed by atoms with van der Waals surface area (Å²) in [6.45, 7) is 4.28. The van der Waals surface area contributed by atoms with Crippen LogP contribution in [0.25, 0.3) is 0 Å². The molecule has 5 nitrogen and oxygen atoms in total. The van der Waals surface area contributed by atoms with Crippen molar-refractivity contribution in [1.29, 1.82) is 0 Å². The van der Waals surface area contributed by atoms with Crippen LogP contribution >= 0.6 is 23.1 Å². The van der Waals surface area contributed by atoms with Gasteiger partial charge in [-0.3, -0.25) is 4.79 Å². The van der Waals surface area contributed by atoms with Crippen LogP contribution in [0.5, 0.6) is 0 Å². The highest BCUT2D eigenvalue weighted by atomic mass is 32.2. The van der Waals surface area contributed by atoms with Crippen molar-refractivity contribution in [2.75, 3.05) is 36.5 Å². The van der Waals surface area contributed by atoms with E-state index in [2.05, 4.69) is 10.2 Å². The fraction of sp³-hybridized carbons (Fsp3) is 0.583. The molecule has 0 spiro atoms. The van der Waals surface area contributed by atoms with Gasteiger partial charge in [-0.2, -0.15) is 0 Å². The molecule has 5 N–H and O–H groups in total. The lowest BCUT2D eigenvalue weighted by atomic mass is 10.3. The van der Waals surface area contributed by atoms with E-state index >= 15 is 0 Å². The van der Waals surface area contributed by atoms with E-state index in [0.29, 0.717) is 17.1 Å². The molecule has 2 rings (SSSR count). The molecule has 1 aromatic heterocycles. The molecule has 0 radical (unpaired) electrons. The number of hydrogen-bond acceptors (Lipinski definition) is 6. The Morgan fingerprint density at radius 3 is 2.89 bits per heavy atom. The third kappa shape index (κ3) is 2.82. The zero-order valence-electron chi connectivity index (χ0n) is 11.2. The largest absolute Gasteiger partial charge is 0.396 e. The van der Waals surface area contributed by atoms with Gasteiger partial charge in [-0.05, 0) is 19.6 Å². The fourth-order valence-electron chi connectivity index (χ4n) is 2.20. The van der Waals surface area contributed by atoms with Crippen molar-refractivity contribution in [3.05, 3.63) is 4.88 Å². The lowest BCUT2D eigenvalue weighted by molar-refractivity contribution is 0.0960. The minimum absolute atomic E-state index is 0.0879. The van der Waals surface area contributed by atoms with Crippen LogP contribution in [0.4, 0.5) is 10.7 Å². The molecule has 1 aliphatic heterocycles. The Kier molecular flexibility index (Phi) is 4.59. The summed E-state index contributed by atoms with van der Waals surface area (Å²) >= 11 is 3.06. The minimum atomic E-state index is -0.0879. The molecule has 2 heterocycles. The first-order valence-electron chi connectivity index (χ1n) is 6.33. The fourth-order valence-corrected chi connectivity index (χ4v) is 4.34. The number of amides is 1. The Labute approximate surface area is 121 Å². The van der Waals surface area contributed by atoms with E-state index in [0.717, 1.165) is 29.4 Å². The maximum absolute atomic E-state index is 12.0. The predicted molar refractivity (Wildman–Crippen MR) is 83.3 cm³/mol. The van der Waals surface area contributed by atoms with Crippen LogP contribution in [0, 0.1) is 0 Å². The van der Waals surface area contributed by atoms with Crippen LogP contribution in [0.1, 0.15) is 23.0 Å². The number of carbonyl (C=O) groups is 1. The topological polar surface area (TPSA) is 84.4 Å². The van der Waals surface area contributed by atoms with Crippen molar-refractivity contribution in [1.82, 2.24) is 5.32 Å². The van der Waals surface area contributed by atoms with E-state index in [1.807, 2.05) is 13.2 Å².